The first-order valence-corrected chi connectivity index (χ1v) is 14.8. The highest BCUT2D eigenvalue weighted by Crippen LogP contribution is 2.64. The quantitative estimate of drug-likeness (QED) is 0.274. The summed E-state index contributed by atoms with van der Waals surface area (Å²) in [4.78, 5) is 22.4. The number of carbonyl (C=O) groups is 1. The standard InChI is InChI=1S/C29H30FN5O4S/c1-17-14-24(35-34-17)32-26-21-6-4-5-7-22(21)31-27(33-26)25(18-8-10-20(30)11-9-18)39-40(37,38)16-29-13-12-19(15-23(29)36)28(29,2)3/h4-11,14,19,25H,12-13,15-16H2,1-3H3,(H2,31,32,33,34,35)/t19?,25-,29+/m1/s1. The Labute approximate surface area is 231 Å². The monoisotopic (exact) mass is 563 g/mol. The van der Waals surface area contributed by atoms with Gasteiger partial charge in [-0.1, -0.05) is 38.1 Å². The molecule has 4 aromatic rings. The van der Waals surface area contributed by atoms with Gasteiger partial charge in [0.05, 0.1) is 16.7 Å². The van der Waals surface area contributed by atoms with Crippen LogP contribution in [0.3, 0.4) is 0 Å². The molecule has 2 aliphatic carbocycles. The number of nitrogens with zero attached hydrogens (tertiary/aromatic N) is 3. The maximum absolute atomic E-state index is 13.9. The molecule has 2 heterocycles. The van der Waals surface area contributed by atoms with Gasteiger partial charge in [-0.05, 0) is 60.9 Å². The van der Waals surface area contributed by atoms with Crippen molar-refractivity contribution in [3.8, 4) is 0 Å². The van der Waals surface area contributed by atoms with Crippen LogP contribution in [0, 0.1) is 29.5 Å². The lowest BCUT2D eigenvalue weighted by Crippen LogP contribution is -2.42. The van der Waals surface area contributed by atoms with Crippen molar-refractivity contribution >= 4 is 38.4 Å². The molecule has 0 radical (unpaired) electrons. The molecule has 2 saturated carbocycles. The summed E-state index contributed by atoms with van der Waals surface area (Å²) < 4.78 is 47.2. The van der Waals surface area contributed by atoms with E-state index >= 15 is 0 Å². The van der Waals surface area contributed by atoms with Crippen LogP contribution in [-0.4, -0.2) is 40.1 Å². The molecule has 40 heavy (non-hydrogen) atoms. The van der Waals surface area contributed by atoms with E-state index in [1.165, 1.54) is 24.3 Å². The first-order valence-electron chi connectivity index (χ1n) is 13.2. The lowest BCUT2D eigenvalue weighted by molar-refractivity contribution is -0.128. The second kappa shape index (κ2) is 9.45. The summed E-state index contributed by atoms with van der Waals surface area (Å²) in [6.45, 7) is 5.82. The molecule has 0 spiro atoms. The minimum Gasteiger partial charge on any atom is -0.323 e. The van der Waals surface area contributed by atoms with Gasteiger partial charge in [-0.2, -0.15) is 13.5 Å². The van der Waals surface area contributed by atoms with Crippen LogP contribution in [0.5, 0.6) is 0 Å². The zero-order valence-corrected chi connectivity index (χ0v) is 23.3. The van der Waals surface area contributed by atoms with Gasteiger partial charge < -0.3 is 5.32 Å². The van der Waals surface area contributed by atoms with Crippen LogP contribution in [0.2, 0.25) is 0 Å². The number of H-pyrrole nitrogens is 1. The summed E-state index contributed by atoms with van der Waals surface area (Å²) in [5, 5.41) is 11.0. The minimum absolute atomic E-state index is 0.0259. The maximum Gasteiger partial charge on any atom is 0.269 e. The number of hydrogen-bond acceptors (Lipinski definition) is 8. The Kier molecular flexibility index (Phi) is 6.26. The minimum atomic E-state index is -4.27. The summed E-state index contributed by atoms with van der Waals surface area (Å²) in [6, 6.07) is 14.5. The Morgan fingerprint density at radius 3 is 2.55 bits per heavy atom. The number of ketones is 1. The van der Waals surface area contributed by atoms with Crippen molar-refractivity contribution in [1.29, 1.82) is 0 Å². The molecular formula is C29H30FN5O4S. The van der Waals surface area contributed by atoms with Crippen LogP contribution in [0.4, 0.5) is 16.0 Å². The van der Waals surface area contributed by atoms with Gasteiger partial charge in [-0.15, -0.1) is 0 Å². The summed E-state index contributed by atoms with van der Waals surface area (Å²) in [6.07, 6.45) is 0.437. The molecule has 2 aliphatic rings. The molecule has 2 fully saturated rings. The lowest BCUT2D eigenvalue weighted by atomic mass is 9.70. The van der Waals surface area contributed by atoms with Gasteiger partial charge in [0.1, 0.15) is 17.4 Å². The Hall–Kier alpha value is -3.70. The zero-order valence-electron chi connectivity index (χ0n) is 22.4. The highest BCUT2D eigenvalue weighted by atomic mass is 32.2. The van der Waals surface area contributed by atoms with Gasteiger partial charge in [-0.3, -0.25) is 14.1 Å². The van der Waals surface area contributed by atoms with Crippen LogP contribution in [-0.2, 0) is 19.1 Å². The molecule has 3 atom stereocenters. The predicted molar refractivity (Wildman–Crippen MR) is 148 cm³/mol. The van der Waals surface area contributed by atoms with E-state index in [1.54, 1.807) is 6.07 Å². The van der Waals surface area contributed by atoms with E-state index in [0.717, 1.165) is 12.1 Å². The van der Waals surface area contributed by atoms with Crippen LogP contribution in [0.1, 0.15) is 56.3 Å². The van der Waals surface area contributed by atoms with Crippen LogP contribution in [0.25, 0.3) is 10.9 Å². The van der Waals surface area contributed by atoms with Crippen molar-refractivity contribution in [1.82, 2.24) is 20.2 Å². The highest BCUT2D eigenvalue weighted by molar-refractivity contribution is 7.86. The number of aromatic nitrogens is 4. The average Bonchev–Trinajstić information content (AvgIpc) is 3.48. The molecule has 2 N–H and O–H groups in total. The SMILES string of the molecule is Cc1cc(Nc2nc([C@H](OS(=O)(=O)C[C@@]34CCC(CC3=O)C4(C)C)c3ccc(F)cc3)nc3ccccc23)n[nH]1. The predicted octanol–water partition coefficient (Wildman–Crippen LogP) is 5.38. The molecule has 2 bridgehead atoms. The number of halogens is 1. The smallest absolute Gasteiger partial charge is 0.269 e. The normalized spacial score (nSPS) is 22.6. The second-order valence-corrected chi connectivity index (χ2v) is 13.0. The van der Waals surface area contributed by atoms with Gasteiger partial charge in [-0.25, -0.2) is 14.4 Å². The zero-order chi connectivity index (χ0) is 28.3. The fourth-order valence-electron chi connectivity index (χ4n) is 6.39. The van der Waals surface area contributed by atoms with Gasteiger partial charge in [0.25, 0.3) is 10.1 Å². The van der Waals surface area contributed by atoms with E-state index in [0.29, 0.717) is 40.9 Å². The molecule has 0 amide bonds. The van der Waals surface area contributed by atoms with E-state index in [2.05, 4.69) is 25.5 Å². The van der Waals surface area contributed by atoms with Crippen molar-refractivity contribution in [2.75, 3.05) is 11.1 Å². The largest absolute Gasteiger partial charge is 0.323 e. The Morgan fingerprint density at radius 1 is 1.15 bits per heavy atom. The third-order valence-corrected chi connectivity index (χ3v) is 10.1. The number of Topliss-reactive ketones (excluding diaryl/α,β-unsaturated/α-hetero) is 1. The number of fused-ring (bicyclic) bond motifs is 3. The average molecular weight is 564 g/mol. The van der Waals surface area contributed by atoms with E-state index in [-0.39, 0.29) is 17.5 Å². The van der Waals surface area contributed by atoms with Crippen molar-refractivity contribution < 1.29 is 21.8 Å². The fourth-order valence-corrected chi connectivity index (χ4v) is 8.23. The van der Waals surface area contributed by atoms with Gasteiger partial charge in [0, 0.05) is 23.6 Å². The van der Waals surface area contributed by atoms with E-state index in [9.17, 15) is 17.6 Å². The first-order chi connectivity index (χ1) is 19.0. The molecule has 0 saturated heterocycles. The number of aryl methyl sites for hydroxylation is 1. The van der Waals surface area contributed by atoms with Gasteiger partial charge in [0.2, 0.25) is 0 Å². The molecule has 1 unspecified atom stereocenters. The van der Waals surface area contributed by atoms with Crippen molar-refractivity contribution in [2.45, 2.75) is 46.1 Å². The van der Waals surface area contributed by atoms with E-state index < -0.39 is 38.6 Å². The van der Waals surface area contributed by atoms with E-state index in [4.69, 9.17) is 4.18 Å². The third-order valence-electron chi connectivity index (χ3n) is 8.79. The summed E-state index contributed by atoms with van der Waals surface area (Å²) in [7, 11) is -4.27. The fraction of sp³-hybridized carbons (Fsp3) is 0.379. The molecule has 11 heteroatoms. The molecule has 9 nitrogen and oxygen atoms in total. The first kappa shape index (κ1) is 26.5. The molecule has 2 aromatic heterocycles. The number of rotatable bonds is 8. The summed E-state index contributed by atoms with van der Waals surface area (Å²) in [5.74, 6) is 0.233. The van der Waals surface area contributed by atoms with Gasteiger partial charge in [0.15, 0.2) is 17.7 Å². The summed E-state index contributed by atoms with van der Waals surface area (Å²) in [5.41, 5.74) is 0.306. The molecular weight excluding hydrogens is 533 g/mol. The number of aromatic amines is 1. The molecule has 208 valence electrons. The van der Waals surface area contributed by atoms with Crippen molar-refractivity contribution in [3.05, 3.63) is 77.5 Å². The Bertz CT molecular complexity index is 1720. The number of hydrogen-bond donors (Lipinski definition) is 2. The molecule has 0 aliphatic heterocycles. The highest BCUT2D eigenvalue weighted by Gasteiger charge is 2.65. The van der Waals surface area contributed by atoms with Crippen molar-refractivity contribution in [3.63, 3.8) is 0 Å². The Morgan fingerprint density at radius 2 is 1.90 bits per heavy atom. The number of anilines is 2. The maximum atomic E-state index is 13.9. The number of para-hydroxylation sites is 1. The van der Waals surface area contributed by atoms with Gasteiger partial charge >= 0.3 is 0 Å². The van der Waals surface area contributed by atoms with Crippen LogP contribution in [0.15, 0.2) is 54.6 Å². The lowest BCUT2D eigenvalue weighted by Gasteiger charge is -2.36. The van der Waals surface area contributed by atoms with Crippen LogP contribution < -0.4 is 5.32 Å². The Balaban J connectivity index is 1.42. The second-order valence-electron chi connectivity index (χ2n) is 11.4. The number of nitrogens with one attached hydrogen (secondary N) is 2. The number of benzene rings is 2. The van der Waals surface area contributed by atoms with Crippen LogP contribution >= 0.6 is 0 Å². The van der Waals surface area contributed by atoms with E-state index in [1.807, 2.05) is 45.0 Å². The molecule has 2 aromatic carbocycles. The number of carbonyl (C=O) groups excluding carboxylic acids is 1. The third kappa shape index (κ3) is 4.46. The van der Waals surface area contributed by atoms with Crippen molar-refractivity contribution in [2.24, 2.45) is 16.7 Å². The molecule has 6 rings (SSSR count). The summed E-state index contributed by atoms with van der Waals surface area (Å²) >= 11 is 0. The topological polar surface area (TPSA) is 127 Å².